The van der Waals surface area contributed by atoms with E-state index in [9.17, 15) is 27.2 Å². The third kappa shape index (κ3) is 4.27. The largest absolute Gasteiger partial charge is 0.461 e. The first kappa shape index (κ1) is 21.3. The smallest absolute Gasteiger partial charge is 0.416 e. The van der Waals surface area contributed by atoms with Gasteiger partial charge >= 0.3 is 12.1 Å². The molecule has 30 heavy (non-hydrogen) atoms. The van der Waals surface area contributed by atoms with Crippen molar-refractivity contribution in [1.82, 2.24) is 9.78 Å². The minimum absolute atomic E-state index is 0.159. The zero-order valence-electron chi connectivity index (χ0n) is 16.0. The van der Waals surface area contributed by atoms with Crippen molar-refractivity contribution in [2.45, 2.75) is 26.6 Å². The number of ether oxygens (including phenoxy) is 1. The van der Waals surface area contributed by atoms with Gasteiger partial charge in [0.1, 0.15) is 5.82 Å². The van der Waals surface area contributed by atoms with E-state index in [1.54, 1.807) is 19.9 Å². The van der Waals surface area contributed by atoms with Gasteiger partial charge in [-0.15, -0.1) is 0 Å². The molecule has 1 aromatic heterocycles. The first-order valence-electron chi connectivity index (χ1n) is 9.00. The van der Waals surface area contributed by atoms with Crippen LogP contribution in [0.25, 0.3) is 10.9 Å². The molecular weight excluding hydrogens is 406 g/mol. The molecule has 3 aromatic rings. The lowest BCUT2D eigenvalue weighted by molar-refractivity contribution is -0.137. The molecule has 0 bridgehead atoms. The summed E-state index contributed by atoms with van der Waals surface area (Å²) in [5.74, 6) is -2.70. The lowest BCUT2D eigenvalue weighted by Crippen LogP contribution is -2.15. The minimum Gasteiger partial charge on any atom is -0.461 e. The number of aromatic nitrogens is 2. The quantitative estimate of drug-likeness (QED) is 0.479. The van der Waals surface area contributed by atoms with Crippen molar-refractivity contribution in [2.75, 3.05) is 11.9 Å². The molecule has 3 rings (SSSR count). The van der Waals surface area contributed by atoms with Crippen LogP contribution in [0.5, 0.6) is 0 Å². The van der Waals surface area contributed by atoms with Crippen LogP contribution in [0, 0.1) is 5.82 Å². The average Bonchev–Trinajstić information content (AvgIpc) is 3.05. The van der Waals surface area contributed by atoms with E-state index in [1.807, 2.05) is 0 Å². The molecule has 0 saturated heterocycles. The third-order valence-corrected chi connectivity index (χ3v) is 4.25. The summed E-state index contributed by atoms with van der Waals surface area (Å²) in [5.41, 5.74) is -0.890. The summed E-state index contributed by atoms with van der Waals surface area (Å²) >= 11 is 0. The Morgan fingerprint density at radius 2 is 1.87 bits per heavy atom. The third-order valence-electron chi connectivity index (χ3n) is 4.25. The van der Waals surface area contributed by atoms with E-state index in [4.69, 9.17) is 4.74 Å². The van der Waals surface area contributed by atoms with E-state index < -0.39 is 35.0 Å². The van der Waals surface area contributed by atoms with Gasteiger partial charge in [-0.2, -0.15) is 18.3 Å². The molecule has 1 heterocycles. The predicted molar refractivity (Wildman–Crippen MR) is 101 cm³/mol. The maximum Gasteiger partial charge on any atom is 0.416 e. The molecular formula is C20H17F4N3O3. The average molecular weight is 423 g/mol. The molecule has 0 spiro atoms. The monoisotopic (exact) mass is 423 g/mol. The Labute approximate surface area is 168 Å². The number of alkyl halides is 3. The Hall–Kier alpha value is -3.43. The van der Waals surface area contributed by atoms with E-state index in [1.165, 1.54) is 16.8 Å². The van der Waals surface area contributed by atoms with Gasteiger partial charge in [0, 0.05) is 23.2 Å². The number of aryl methyl sites for hydroxylation is 1. The van der Waals surface area contributed by atoms with Crippen molar-refractivity contribution in [3.05, 3.63) is 59.0 Å². The molecule has 2 aromatic carbocycles. The van der Waals surface area contributed by atoms with Gasteiger partial charge in [0.05, 0.1) is 17.7 Å². The lowest BCUT2D eigenvalue weighted by atomic mass is 10.1. The second-order valence-electron chi connectivity index (χ2n) is 6.30. The molecule has 0 aliphatic rings. The molecule has 0 unspecified atom stereocenters. The summed E-state index contributed by atoms with van der Waals surface area (Å²) in [6.45, 7) is 4.01. The van der Waals surface area contributed by atoms with Crippen molar-refractivity contribution in [1.29, 1.82) is 0 Å². The number of hydrogen-bond donors (Lipinski definition) is 1. The fourth-order valence-electron chi connectivity index (χ4n) is 2.94. The van der Waals surface area contributed by atoms with Crippen LogP contribution < -0.4 is 5.32 Å². The number of nitrogens with one attached hydrogen (secondary N) is 1. The Bertz CT molecular complexity index is 1120. The number of esters is 1. The summed E-state index contributed by atoms with van der Waals surface area (Å²) in [4.78, 5) is 24.7. The number of carbonyl (C=O) groups excluding carboxylic acids is 2. The first-order valence-corrected chi connectivity index (χ1v) is 9.00. The Morgan fingerprint density at radius 1 is 1.13 bits per heavy atom. The van der Waals surface area contributed by atoms with Gasteiger partial charge in [0.15, 0.2) is 5.69 Å². The number of carbonyl (C=O) groups is 2. The molecule has 0 aliphatic heterocycles. The van der Waals surface area contributed by atoms with E-state index in [0.29, 0.717) is 35.6 Å². The van der Waals surface area contributed by atoms with E-state index >= 15 is 0 Å². The van der Waals surface area contributed by atoms with Crippen LogP contribution in [0.2, 0.25) is 0 Å². The van der Waals surface area contributed by atoms with Gasteiger partial charge in [0.2, 0.25) is 0 Å². The molecule has 158 valence electrons. The maximum atomic E-state index is 13.6. The minimum atomic E-state index is -4.79. The van der Waals surface area contributed by atoms with Crippen molar-refractivity contribution < 1.29 is 31.9 Å². The van der Waals surface area contributed by atoms with Crippen LogP contribution in [0.3, 0.4) is 0 Å². The zero-order valence-corrected chi connectivity index (χ0v) is 16.0. The molecule has 0 atom stereocenters. The molecule has 1 N–H and O–H groups in total. The van der Waals surface area contributed by atoms with Crippen molar-refractivity contribution >= 4 is 28.5 Å². The number of benzene rings is 2. The van der Waals surface area contributed by atoms with Crippen molar-refractivity contribution in [3.63, 3.8) is 0 Å². The topological polar surface area (TPSA) is 73.2 Å². The molecule has 6 nitrogen and oxygen atoms in total. The van der Waals surface area contributed by atoms with Crippen molar-refractivity contribution in [3.8, 4) is 0 Å². The Morgan fingerprint density at radius 3 is 2.50 bits per heavy atom. The molecule has 0 radical (unpaired) electrons. The highest BCUT2D eigenvalue weighted by atomic mass is 19.4. The van der Waals surface area contributed by atoms with Gasteiger partial charge < -0.3 is 10.1 Å². The summed E-state index contributed by atoms with van der Waals surface area (Å²) in [7, 11) is 0. The fourth-order valence-corrected chi connectivity index (χ4v) is 2.94. The zero-order chi connectivity index (χ0) is 22.1. The van der Waals surface area contributed by atoms with Crippen LogP contribution in [0.4, 0.5) is 23.2 Å². The first-order chi connectivity index (χ1) is 14.1. The second kappa shape index (κ2) is 8.13. The summed E-state index contributed by atoms with van der Waals surface area (Å²) in [6, 6.07) is 6.08. The van der Waals surface area contributed by atoms with Crippen LogP contribution in [0.15, 0.2) is 36.4 Å². The lowest BCUT2D eigenvalue weighted by Gasteiger charge is -2.10. The highest BCUT2D eigenvalue weighted by Crippen LogP contribution is 2.31. The van der Waals surface area contributed by atoms with Crippen LogP contribution >= 0.6 is 0 Å². The molecule has 0 fully saturated rings. The van der Waals surface area contributed by atoms with Gasteiger partial charge in [-0.25, -0.2) is 9.18 Å². The van der Waals surface area contributed by atoms with Crippen LogP contribution in [-0.4, -0.2) is 28.3 Å². The summed E-state index contributed by atoms with van der Waals surface area (Å²) in [5, 5.41) is 7.12. The molecule has 10 heteroatoms. The summed E-state index contributed by atoms with van der Waals surface area (Å²) in [6.07, 6.45) is -4.79. The molecule has 0 aliphatic carbocycles. The number of halogens is 4. The van der Waals surface area contributed by atoms with Crippen molar-refractivity contribution in [2.24, 2.45) is 0 Å². The predicted octanol–water partition coefficient (Wildman–Crippen LogP) is 4.64. The van der Waals surface area contributed by atoms with Crippen LogP contribution in [-0.2, 0) is 17.5 Å². The van der Waals surface area contributed by atoms with E-state index in [-0.39, 0.29) is 18.0 Å². The highest BCUT2D eigenvalue weighted by Gasteiger charge is 2.32. The normalized spacial score (nSPS) is 11.5. The Balaban J connectivity index is 1.96. The number of amides is 1. The van der Waals surface area contributed by atoms with Crippen LogP contribution in [0.1, 0.15) is 40.3 Å². The number of fused-ring (bicyclic) bond motifs is 1. The van der Waals surface area contributed by atoms with E-state index in [0.717, 1.165) is 0 Å². The maximum absolute atomic E-state index is 13.6. The van der Waals surface area contributed by atoms with Gasteiger partial charge in [-0.3, -0.25) is 9.48 Å². The number of rotatable bonds is 5. The number of hydrogen-bond acceptors (Lipinski definition) is 4. The molecule has 1 amide bonds. The Kier molecular flexibility index (Phi) is 5.77. The summed E-state index contributed by atoms with van der Waals surface area (Å²) < 4.78 is 58.7. The standard InChI is InChI=1S/C20H17F4N3O3/c1-3-27-17(19(29)30-4-2)15-10-14(5-6-16(15)26-27)25-18(28)11-7-12(20(22,23)24)9-13(21)8-11/h5-10H,3-4H2,1-2H3,(H,25,28). The second-order valence-corrected chi connectivity index (χ2v) is 6.30. The SMILES string of the molecule is CCOC(=O)c1c2cc(NC(=O)c3cc(F)cc(C(F)(F)F)c3)ccc2nn1CC. The van der Waals surface area contributed by atoms with Gasteiger partial charge in [-0.05, 0) is 50.2 Å². The van der Waals surface area contributed by atoms with Gasteiger partial charge in [0.25, 0.3) is 5.91 Å². The van der Waals surface area contributed by atoms with Gasteiger partial charge in [-0.1, -0.05) is 0 Å². The van der Waals surface area contributed by atoms with E-state index in [2.05, 4.69) is 10.4 Å². The molecule has 0 saturated carbocycles. The number of anilines is 1. The number of nitrogens with zero attached hydrogens (tertiary/aromatic N) is 2. The fraction of sp³-hybridized carbons (Fsp3) is 0.250. The highest BCUT2D eigenvalue weighted by molar-refractivity contribution is 6.07.